The molecule has 5 rings (SSSR count). The average Bonchev–Trinajstić information content (AvgIpc) is 3.68. The molecule has 15 heteroatoms. The van der Waals surface area contributed by atoms with Crippen molar-refractivity contribution in [3.8, 4) is 0 Å². The number of aliphatic carboxylic acids is 1. The molecule has 1 aromatic heterocycles. The number of aliphatic hydroxyl groups is 1. The Hall–Kier alpha value is -3.88. The van der Waals surface area contributed by atoms with Gasteiger partial charge in [-0.2, -0.15) is 31.1 Å². The number of tetrazole rings is 1. The minimum absolute atomic E-state index is 0.000449. The van der Waals surface area contributed by atoms with Gasteiger partial charge in [0.05, 0.1) is 30.2 Å². The Morgan fingerprint density at radius 3 is 2.13 bits per heavy atom. The third-order valence-electron chi connectivity index (χ3n) is 9.10. The molecule has 1 heterocycles. The molecule has 0 atom stereocenters. The van der Waals surface area contributed by atoms with E-state index in [1.54, 1.807) is 0 Å². The van der Waals surface area contributed by atoms with Crippen LogP contribution in [0.4, 0.5) is 38.0 Å². The van der Waals surface area contributed by atoms with Crippen LogP contribution >= 0.6 is 0 Å². The van der Waals surface area contributed by atoms with Crippen molar-refractivity contribution in [3.05, 3.63) is 63.7 Å². The van der Waals surface area contributed by atoms with Gasteiger partial charge in [-0.1, -0.05) is 11.2 Å². The summed E-state index contributed by atoms with van der Waals surface area (Å²) in [5, 5.41) is 31.0. The maximum atomic E-state index is 13.7. The Bertz CT molecular complexity index is 1520. The number of carbonyl (C=O) groups is 1. The summed E-state index contributed by atoms with van der Waals surface area (Å²) in [6.45, 7) is 2.72. The van der Waals surface area contributed by atoms with E-state index in [4.69, 9.17) is 0 Å². The number of alkyl halides is 6. The van der Waals surface area contributed by atoms with Gasteiger partial charge in [0, 0.05) is 31.9 Å². The lowest BCUT2D eigenvalue weighted by molar-refractivity contribution is -0.144. The first kappa shape index (κ1) is 34.5. The van der Waals surface area contributed by atoms with Gasteiger partial charge in [0.1, 0.15) is 0 Å². The van der Waals surface area contributed by atoms with Crippen LogP contribution in [0, 0.1) is 11.8 Å². The molecular weight excluding hydrogens is 630 g/mol. The first-order valence-electron chi connectivity index (χ1n) is 15.8. The zero-order valence-corrected chi connectivity index (χ0v) is 26.0. The fraction of sp³-hybridized carbons (Fsp3) is 0.562. The number of hydrogen-bond acceptors (Lipinski definition) is 7. The standard InChI is InChI=1S/C32H38F6N6O3/c1-2-42(17-20-6-8-22(9-7-20)29(46)47)28-15-24-5-3-4-23(24)14-25(28)19-43(30-39-41-44(40-30)10-11-45)18-21-12-26(31(33,34)35)16-27(13-21)32(36,37)38/h12-16,20,22,45H,2-11,17-19H2,1H3,(H,46,47). The second kappa shape index (κ2) is 14.1. The second-order valence-corrected chi connectivity index (χ2v) is 12.4. The topological polar surface area (TPSA) is 108 Å². The van der Waals surface area contributed by atoms with Crippen LogP contribution in [0.2, 0.25) is 0 Å². The van der Waals surface area contributed by atoms with Gasteiger partial charge in [-0.05, 0) is 110 Å². The number of aromatic nitrogens is 4. The summed E-state index contributed by atoms with van der Waals surface area (Å²) in [7, 11) is 0. The number of nitrogens with zero attached hydrogens (tertiary/aromatic N) is 6. The third-order valence-corrected chi connectivity index (χ3v) is 9.10. The van der Waals surface area contributed by atoms with E-state index in [1.165, 1.54) is 10.5 Å². The molecule has 0 saturated heterocycles. The maximum absolute atomic E-state index is 13.7. The van der Waals surface area contributed by atoms with Crippen molar-refractivity contribution >= 4 is 17.6 Å². The van der Waals surface area contributed by atoms with Gasteiger partial charge >= 0.3 is 18.3 Å². The van der Waals surface area contributed by atoms with Crippen LogP contribution in [0.25, 0.3) is 0 Å². The molecule has 47 heavy (non-hydrogen) atoms. The molecule has 2 aliphatic carbocycles. The van der Waals surface area contributed by atoms with E-state index in [2.05, 4.69) is 32.4 Å². The molecule has 2 aliphatic rings. The second-order valence-electron chi connectivity index (χ2n) is 12.4. The Morgan fingerprint density at radius 1 is 0.915 bits per heavy atom. The molecule has 0 aliphatic heterocycles. The summed E-state index contributed by atoms with van der Waals surface area (Å²) in [6.07, 6.45) is -4.53. The molecule has 1 fully saturated rings. The van der Waals surface area contributed by atoms with Crippen molar-refractivity contribution in [2.45, 2.75) is 83.9 Å². The van der Waals surface area contributed by atoms with Gasteiger partial charge in [0.25, 0.3) is 5.95 Å². The minimum atomic E-state index is -5.00. The Kier molecular flexibility index (Phi) is 10.3. The van der Waals surface area contributed by atoms with Gasteiger partial charge in [0.15, 0.2) is 0 Å². The molecule has 0 bridgehead atoms. The van der Waals surface area contributed by atoms with Gasteiger partial charge in [-0.15, -0.1) is 5.10 Å². The average molecular weight is 669 g/mol. The number of aliphatic hydroxyl groups excluding tert-OH is 1. The number of carboxylic acids is 1. The molecule has 2 N–H and O–H groups in total. The third kappa shape index (κ3) is 8.35. The summed E-state index contributed by atoms with van der Waals surface area (Å²) in [5.41, 5.74) is 1.00. The summed E-state index contributed by atoms with van der Waals surface area (Å²) in [6, 6.07) is 5.70. The highest BCUT2D eigenvalue weighted by Gasteiger charge is 2.37. The molecule has 3 aromatic rings. The highest BCUT2D eigenvalue weighted by atomic mass is 19.4. The molecule has 1 saturated carbocycles. The van der Waals surface area contributed by atoms with E-state index in [9.17, 15) is 41.4 Å². The number of rotatable bonds is 12. The largest absolute Gasteiger partial charge is 0.481 e. The molecule has 2 aromatic carbocycles. The molecular formula is C32H38F6N6O3. The van der Waals surface area contributed by atoms with Crippen molar-refractivity contribution < 1.29 is 41.4 Å². The lowest BCUT2D eigenvalue weighted by Crippen LogP contribution is -2.34. The SMILES string of the molecule is CCN(CC1CCC(C(=O)O)CC1)c1cc2c(cc1CN(Cc1cc(C(F)(F)F)cc(C(F)(F)F)c1)c1nnn(CCO)n1)CCC2. The number of anilines is 2. The van der Waals surface area contributed by atoms with Crippen molar-refractivity contribution in [1.29, 1.82) is 0 Å². The maximum Gasteiger partial charge on any atom is 0.416 e. The van der Waals surface area contributed by atoms with Crippen molar-refractivity contribution in [3.63, 3.8) is 0 Å². The summed E-state index contributed by atoms with van der Waals surface area (Å²) >= 11 is 0. The quantitative estimate of drug-likeness (QED) is 0.223. The fourth-order valence-corrected chi connectivity index (χ4v) is 6.66. The lowest BCUT2D eigenvalue weighted by Gasteiger charge is -2.34. The van der Waals surface area contributed by atoms with Crippen LogP contribution in [-0.2, 0) is 49.6 Å². The zero-order valence-electron chi connectivity index (χ0n) is 26.0. The van der Waals surface area contributed by atoms with Crippen molar-refractivity contribution in [2.24, 2.45) is 11.8 Å². The summed E-state index contributed by atoms with van der Waals surface area (Å²) < 4.78 is 82.3. The summed E-state index contributed by atoms with van der Waals surface area (Å²) in [5.74, 6) is -0.852. The molecule has 256 valence electrons. The lowest BCUT2D eigenvalue weighted by atomic mass is 9.81. The molecule has 9 nitrogen and oxygen atoms in total. The Balaban J connectivity index is 1.51. The normalized spacial score (nSPS) is 18.3. The van der Waals surface area contributed by atoms with E-state index in [0.29, 0.717) is 38.1 Å². The molecule has 0 amide bonds. The molecule has 0 unspecified atom stereocenters. The highest BCUT2D eigenvalue weighted by molar-refractivity contribution is 5.70. The minimum Gasteiger partial charge on any atom is -0.481 e. The van der Waals surface area contributed by atoms with E-state index < -0.39 is 29.4 Å². The van der Waals surface area contributed by atoms with Crippen LogP contribution < -0.4 is 9.80 Å². The first-order chi connectivity index (χ1) is 22.2. The molecule has 0 radical (unpaired) electrons. The van der Waals surface area contributed by atoms with E-state index in [-0.39, 0.29) is 55.7 Å². The number of halogens is 6. The van der Waals surface area contributed by atoms with Crippen LogP contribution in [0.1, 0.15) is 72.4 Å². The number of aryl methyl sites for hydroxylation is 2. The van der Waals surface area contributed by atoms with Crippen LogP contribution in [0.15, 0.2) is 30.3 Å². The smallest absolute Gasteiger partial charge is 0.416 e. The van der Waals surface area contributed by atoms with Crippen molar-refractivity contribution in [1.82, 2.24) is 20.2 Å². The Morgan fingerprint density at radius 2 is 1.55 bits per heavy atom. The molecule has 0 spiro atoms. The van der Waals surface area contributed by atoms with E-state index >= 15 is 0 Å². The predicted molar refractivity (Wildman–Crippen MR) is 161 cm³/mol. The number of carboxylic acid groups (broad SMARTS) is 1. The zero-order chi connectivity index (χ0) is 33.9. The van der Waals surface area contributed by atoms with Gasteiger partial charge in [-0.3, -0.25) is 4.79 Å². The Labute approximate surface area is 268 Å². The van der Waals surface area contributed by atoms with Crippen LogP contribution in [0.5, 0.6) is 0 Å². The summed E-state index contributed by atoms with van der Waals surface area (Å²) in [4.78, 5) is 16.3. The van der Waals surface area contributed by atoms with E-state index in [0.717, 1.165) is 53.7 Å². The number of benzene rings is 2. The van der Waals surface area contributed by atoms with Crippen LogP contribution in [0.3, 0.4) is 0 Å². The van der Waals surface area contributed by atoms with Crippen molar-refractivity contribution in [2.75, 3.05) is 29.5 Å². The first-order valence-corrected chi connectivity index (χ1v) is 15.8. The van der Waals surface area contributed by atoms with Gasteiger partial charge in [0.2, 0.25) is 0 Å². The number of hydrogen-bond donors (Lipinski definition) is 2. The fourth-order valence-electron chi connectivity index (χ4n) is 6.66. The van der Waals surface area contributed by atoms with Crippen LogP contribution in [-0.4, -0.2) is 56.1 Å². The number of fused-ring (bicyclic) bond motifs is 1. The van der Waals surface area contributed by atoms with Gasteiger partial charge in [-0.25, -0.2) is 0 Å². The predicted octanol–water partition coefficient (Wildman–Crippen LogP) is 6.12. The highest BCUT2D eigenvalue weighted by Crippen LogP contribution is 2.38. The van der Waals surface area contributed by atoms with E-state index in [1.807, 2.05) is 6.92 Å². The van der Waals surface area contributed by atoms with Gasteiger partial charge < -0.3 is 20.0 Å². The monoisotopic (exact) mass is 668 g/mol.